The van der Waals surface area contributed by atoms with Crippen LogP contribution in [0.1, 0.15) is 56.8 Å². The van der Waals surface area contributed by atoms with Gasteiger partial charge in [-0.3, -0.25) is 9.89 Å². The quantitative estimate of drug-likeness (QED) is 0.452. The van der Waals surface area contributed by atoms with Crippen molar-refractivity contribution in [3.8, 4) is 5.75 Å². The third-order valence-electron chi connectivity index (χ3n) is 5.49. The molecule has 3 rings (SSSR count). The lowest BCUT2D eigenvalue weighted by atomic mass is 10.0. The summed E-state index contributed by atoms with van der Waals surface area (Å²) in [4.78, 5) is 11.4. The molecule has 2 heterocycles. The summed E-state index contributed by atoms with van der Waals surface area (Å²) < 4.78 is 24.2. The minimum absolute atomic E-state index is 0.254. The monoisotopic (exact) mass is 446 g/mol. The van der Waals surface area contributed by atoms with Crippen LogP contribution in [-0.2, 0) is 13.0 Å². The highest BCUT2D eigenvalue weighted by Crippen LogP contribution is 2.20. The largest absolute Gasteiger partial charge is 0.494 e. The summed E-state index contributed by atoms with van der Waals surface area (Å²) in [7, 11) is 1.48. The van der Waals surface area contributed by atoms with Gasteiger partial charge in [-0.05, 0) is 37.5 Å². The maximum Gasteiger partial charge on any atom is 0.228 e. The molecule has 0 atom stereocenters. The predicted octanol–water partition coefficient (Wildman–Crippen LogP) is 3.10. The normalized spacial score (nSPS) is 15.9. The van der Waals surface area contributed by atoms with E-state index in [-0.39, 0.29) is 17.5 Å². The Morgan fingerprint density at radius 2 is 2.12 bits per heavy atom. The van der Waals surface area contributed by atoms with Crippen LogP contribution in [0.15, 0.2) is 27.7 Å². The highest BCUT2D eigenvalue weighted by molar-refractivity contribution is 5.80. The van der Waals surface area contributed by atoms with Crippen molar-refractivity contribution in [3.05, 3.63) is 41.3 Å². The van der Waals surface area contributed by atoms with Crippen molar-refractivity contribution < 1.29 is 13.7 Å². The second-order valence-corrected chi connectivity index (χ2v) is 8.38. The van der Waals surface area contributed by atoms with E-state index in [1.807, 2.05) is 19.9 Å². The first-order valence-corrected chi connectivity index (χ1v) is 11.4. The SMILES string of the molecule is CCNC(=NCCc1nc(C(C)C)no1)NC1CCN(Cc2ccc(OC)c(F)c2)CC1. The van der Waals surface area contributed by atoms with E-state index in [1.165, 1.54) is 7.11 Å². The number of rotatable bonds is 9. The lowest BCUT2D eigenvalue weighted by Crippen LogP contribution is -2.48. The molecular formula is C23H35FN6O2. The molecule has 1 saturated heterocycles. The van der Waals surface area contributed by atoms with Crippen molar-refractivity contribution in [2.75, 3.05) is 33.3 Å². The first-order valence-electron chi connectivity index (χ1n) is 11.4. The number of nitrogens with zero attached hydrogens (tertiary/aromatic N) is 4. The van der Waals surface area contributed by atoms with Crippen LogP contribution >= 0.6 is 0 Å². The molecule has 1 aromatic carbocycles. The van der Waals surface area contributed by atoms with Crippen molar-refractivity contribution in [1.29, 1.82) is 0 Å². The fourth-order valence-electron chi connectivity index (χ4n) is 3.68. The topological polar surface area (TPSA) is 87.8 Å². The highest BCUT2D eigenvalue weighted by Gasteiger charge is 2.20. The van der Waals surface area contributed by atoms with E-state index >= 15 is 0 Å². The number of nitrogens with one attached hydrogen (secondary N) is 2. The van der Waals surface area contributed by atoms with Gasteiger partial charge in [0.25, 0.3) is 0 Å². The number of ether oxygens (including phenoxy) is 1. The summed E-state index contributed by atoms with van der Waals surface area (Å²) in [5, 5.41) is 10.9. The van der Waals surface area contributed by atoms with E-state index in [9.17, 15) is 4.39 Å². The molecule has 0 aliphatic carbocycles. The van der Waals surface area contributed by atoms with Crippen LogP contribution in [0.5, 0.6) is 5.75 Å². The van der Waals surface area contributed by atoms with Crippen LogP contribution in [-0.4, -0.2) is 60.3 Å². The van der Waals surface area contributed by atoms with E-state index in [1.54, 1.807) is 12.1 Å². The Morgan fingerprint density at radius 3 is 2.75 bits per heavy atom. The molecule has 1 fully saturated rings. The molecule has 0 spiro atoms. The Hall–Kier alpha value is -2.68. The maximum atomic E-state index is 13.9. The van der Waals surface area contributed by atoms with Crippen LogP contribution < -0.4 is 15.4 Å². The van der Waals surface area contributed by atoms with Gasteiger partial charge in [0.2, 0.25) is 5.89 Å². The van der Waals surface area contributed by atoms with Crippen molar-refractivity contribution >= 4 is 5.96 Å². The zero-order valence-electron chi connectivity index (χ0n) is 19.5. The van der Waals surface area contributed by atoms with Crippen molar-refractivity contribution in [3.63, 3.8) is 0 Å². The predicted molar refractivity (Wildman–Crippen MR) is 122 cm³/mol. The fourth-order valence-corrected chi connectivity index (χ4v) is 3.68. The summed E-state index contributed by atoms with van der Waals surface area (Å²) in [6.45, 7) is 10.2. The van der Waals surface area contributed by atoms with E-state index in [0.717, 1.165) is 56.4 Å². The van der Waals surface area contributed by atoms with Gasteiger partial charge in [0.15, 0.2) is 23.4 Å². The number of piperidine rings is 1. The third kappa shape index (κ3) is 6.91. The van der Waals surface area contributed by atoms with Gasteiger partial charge in [0.05, 0.1) is 13.7 Å². The highest BCUT2D eigenvalue weighted by atomic mass is 19.1. The molecule has 0 unspecified atom stereocenters. The molecule has 32 heavy (non-hydrogen) atoms. The van der Waals surface area contributed by atoms with E-state index < -0.39 is 0 Å². The Morgan fingerprint density at radius 1 is 1.34 bits per heavy atom. The second-order valence-electron chi connectivity index (χ2n) is 8.38. The first kappa shape index (κ1) is 24.0. The fraction of sp³-hybridized carbons (Fsp3) is 0.609. The standard InChI is InChI=1S/C23H35FN6O2/c1-5-25-23(26-11-8-21-28-22(16(2)3)29-32-21)27-18-9-12-30(13-10-18)15-17-6-7-20(31-4)19(24)14-17/h6-7,14,16,18H,5,8-13,15H2,1-4H3,(H2,25,26,27). The lowest BCUT2D eigenvalue weighted by molar-refractivity contribution is 0.198. The van der Waals surface area contributed by atoms with Crippen LogP contribution in [0.4, 0.5) is 4.39 Å². The maximum absolute atomic E-state index is 13.9. The van der Waals surface area contributed by atoms with Crippen LogP contribution in [0.3, 0.4) is 0 Å². The molecule has 8 nitrogen and oxygen atoms in total. The molecule has 0 saturated carbocycles. The smallest absolute Gasteiger partial charge is 0.228 e. The van der Waals surface area contributed by atoms with Crippen molar-refractivity contribution in [2.24, 2.45) is 4.99 Å². The van der Waals surface area contributed by atoms with Gasteiger partial charge in [-0.2, -0.15) is 4.98 Å². The van der Waals surface area contributed by atoms with Gasteiger partial charge in [-0.25, -0.2) is 4.39 Å². The van der Waals surface area contributed by atoms with Gasteiger partial charge in [0.1, 0.15) is 0 Å². The Labute approximate surface area is 189 Å². The summed E-state index contributed by atoms with van der Waals surface area (Å²) >= 11 is 0. The van der Waals surface area contributed by atoms with Gasteiger partial charge in [-0.15, -0.1) is 0 Å². The van der Waals surface area contributed by atoms with Crippen LogP contribution in [0.25, 0.3) is 0 Å². The summed E-state index contributed by atoms with van der Waals surface area (Å²) in [6, 6.07) is 5.53. The summed E-state index contributed by atoms with van der Waals surface area (Å²) in [5.74, 6) is 2.39. The van der Waals surface area contributed by atoms with Crippen LogP contribution in [0.2, 0.25) is 0 Å². The molecule has 0 radical (unpaired) electrons. The molecule has 1 aliphatic heterocycles. The molecule has 0 bridgehead atoms. The minimum Gasteiger partial charge on any atom is -0.494 e. The van der Waals surface area contributed by atoms with E-state index in [4.69, 9.17) is 9.26 Å². The third-order valence-corrected chi connectivity index (χ3v) is 5.49. The zero-order chi connectivity index (χ0) is 22.9. The Kier molecular flexibility index (Phi) is 8.84. The second kappa shape index (κ2) is 11.8. The van der Waals surface area contributed by atoms with Crippen LogP contribution in [0, 0.1) is 5.82 Å². The van der Waals surface area contributed by atoms with E-state index in [0.29, 0.717) is 24.9 Å². The molecule has 0 amide bonds. The van der Waals surface area contributed by atoms with Gasteiger partial charge in [0, 0.05) is 44.6 Å². The number of benzene rings is 1. The van der Waals surface area contributed by atoms with Crippen molar-refractivity contribution in [1.82, 2.24) is 25.7 Å². The lowest BCUT2D eigenvalue weighted by Gasteiger charge is -2.33. The molecule has 1 aromatic heterocycles. The average molecular weight is 447 g/mol. The molecule has 176 valence electrons. The number of aromatic nitrogens is 2. The molecular weight excluding hydrogens is 411 g/mol. The number of hydrogen-bond acceptors (Lipinski definition) is 6. The molecule has 9 heteroatoms. The number of likely N-dealkylation sites (tertiary alicyclic amines) is 1. The summed E-state index contributed by atoms with van der Waals surface area (Å²) in [6.07, 6.45) is 2.63. The Bertz CT molecular complexity index is 877. The number of hydrogen-bond donors (Lipinski definition) is 2. The first-order chi connectivity index (χ1) is 15.5. The molecule has 2 N–H and O–H groups in total. The van der Waals surface area contributed by atoms with Gasteiger partial charge < -0.3 is 19.9 Å². The summed E-state index contributed by atoms with van der Waals surface area (Å²) in [5.41, 5.74) is 0.964. The van der Waals surface area contributed by atoms with Gasteiger partial charge in [-0.1, -0.05) is 25.1 Å². The van der Waals surface area contributed by atoms with Gasteiger partial charge >= 0.3 is 0 Å². The zero-order valence-corrected chi connectivity index (χ0v) is 19.5. The minimum atomic E-state index is -0.311. The van der Waals surface area contributed by atoms with Crippen molar-refractivity contribution in [2.45, 2.75) is 58.5 Å². The molecule has 2 aromatic rings. The number of guanidine groups is 1. The Balaban J connectivity index is 1.45. The molecule has 1 aliphatic rings. The number of halogens is 1. The average Bonchev–Trinajstić information content (AvgIpc) is 3.25. The number of methoxy groups -OCH3 is 1. The van der Waals surface area contributed by atoms with E-state index in [2.05, 4.69) is 37.6 Å². The number of aliphatic imine (C=N–C) groups is 1.